The number of nitrogens with zero attached hydrogens (tertiary/aromatic N) is 3. The molecule has 170 valence electrons. The summed E-state index contributed by atoms with van der Waals surface area (Å²) in [5.41, 5.74) is 0.996. The zero-order valence-corrected chi connectivity index (χ0v) is 18.2. The average Bonchev–Trinajstić information content (AvgIpc) is 3.62. The van der Waals surface area contributed by atoms with Crippen LogP contribution >= 0.6 is 0 Å². The molecule has 0 unspecified atom stereocenters. The normalized spacial score (nSPS) is 17.8. The van der Waals surface area contributed by atoms with Crippen molar-refractivity contribution in [2.75, 3.05) is 32.7 Å². The van der Waals surface area contributed by atoms with Crippen LogP contribution in [0.3, 0.4) is 0 Å². The van der Waals surface area contributed by atoms with E-state index in [1.54, 1.807) is 29.2 Å². The number of aromatic nitrogens is 2. The highest BCUT2D eigenvalue weighted by atomic mass is 19.1. The first-order valence-corrected chi connectivity index (χ1v) is 11.2. The van der Waals surface area contributed by atoms with E-state index in [-0.39, 0.29) is 22.4 Å². The van der Waals surface area contributed by atoms with Gasteiger partial charge >= 0.3 is 0 Å². The summed E-state index contributed by atoms with van der Waals surface area (Å²) in [5, 5.41) is 7.97. The van der Waals surface area contributed by atoms with Crippen LogP contribution in [0.15, 0.2) is 47.3 Å². The van der Waals surface area contributed by atoms with Crippen LogP contribution in [0.1, 0.15) is 34.5 Å². The van der Waals surface area contributed by atoms with E-state index < -0.39 is 5.82 Å². The molecule has 7 nitrogen and oxygen atoms in total. The molecule has 1 amide bonds. The molecule has 2 aliphatic rings. The molecule has 33 heavy (non-hydrogen) atoms. The minimum atomic E-state index is -0.552. The molecular weight excluding hydrogens is 423 g/mol. The number of amides is 1. The van der Waals surface area contributed by atoms with Crippen molar-refractivity contribution in [1.29, 1.82) is 0 Å². The number of hydrogen-bond donors (Lipinski definition) is 1. The van der Waals surface area contributed by atoms with Gasteiger partial charge in [-0.2, -0.15) is 5.10 Å². The van der Waals surface area contributed by atoms with E-state index >= 15 is 0 Å². The van der Waals surface area contributed by atoms with Gasteiger partial charge in [-0.1, -0.05) is 24.3 Å². The Morgan fingerprint density at radius 1 is 1.09 bits per heavy atom. The Labute approximate surface area is 190 Å². The molecule has 1 aliphatic carbocycles. The third-order valence-electron chi connectivity index (χ3n) is 6.75. The molecule has 0 atom stereocenters. The maximum atomic E-state index is 14.6. The fourth-order valence-electron chi connectivity index (χ4n) is 4.54. The van der Waals surface area contributed by atoms with Crippen LogP contribution in [0.2, 0.25) is 0 Å². The van der Waals surface area contributed by atoms with Gasteiger partial charge in [0.25, 0.3) is 11.5 Å². The molecule has 2 fully saturated rings. The highest BCUT2D eigenvalue weighted by molar-refractivity contribution is 5.95. The van der Waals surface area contributed by atoms with Gasteiger partial charge in [-0.05, 0) is 36.6 Å². The van der Waals surface area contributed by atoms with Crippen molar-refractivity contribution >= 4 is 23.0 Å². The van der Waals surface area contributed by atoms with Crippen LogP contribution in [0, 0.1) is 11.2 Å². The van der Waals surface area contributed by atoms with Crippen molar-refractivity contribution in [3.05, 3.63) is 75.5 Å². The average molecular weight is 448 g/mol. The number of nitrogens with one attached hydrogen (secondary N) is 1. The molecule has 1 aliphatic heterocycles. The van der Waals surface area contributed by atoms with E-state index in [0.29, 0.717) is 43.7 Å². The second kappa shape index (κ2) is 8.51. The summed E-state index contributed by atoms with van der Waals surface area (Å²) in [7, 11) is 0. The summed E-state index contributed by atoms with van der Waals surface area (Å²) in [6.07, 6.45) is 3.30. The Bertz CT molecular complexity index is 1280. The fourth-order valence-corrected chi connectivity index (χ4v) is 4.54. The van der Waals surface area contributed by atoms with Crippen molar-refractivity contribution in [2.24, 2.45) is 5.41 Å². The topological polar surface area (TPSA) is 86.4 Å². The monoisotopic (exact) mass is 448 g/mol. The lowest BCUT2D eigenvalue weighted by Gasteiger charge is -2.36. The second-order valence-electron chi connectivity index (χ2n) is 9.08. The number of rotatable bonds is 6. The lowest BCUT2D eigenvalue weighted by atomic mass is 10.0. The lowest BCUT2D eigenvalue weighted by molar-refractivity contribution is -0.113. The van der Waals surface area contributed by atoms with E-state index in [4.69, 9.17) is 0 Å². The van der Waals surface area contributed by atoms with Crippen molar-refractivity contribution in [2.45, 2.75) is 19.3 Å². The first-order valence-electron chi connectivity index (χ1n) is 11.2. The Kier molecular flexibility index (Phi) is 5.54. The number of aldehydes is 1. The summed E-state index contributed by atoms with van der Waals surface area (Å²) in [6, 6.07) is 11.7. The Morgan fingerprint density at radius 2 is 1.82 bits per heavy atom. The predicted molar refractivity (Wildman–Crippen MR) is 122 cm³/mol. The highest BCUT2D eigenvalue weighted by Gasteiger charge is 2.44. The Hall–Kier alpha value is -3.39. The molecule has 5 rings (SSSR count). The highest BCUT2D eigenvalue weighted by Crippen LogP contribution is 2.44. The molecule has 2 aromatic carbocycles. The first kappa shape index (κ1) is 21.5. The zero-order chi connectivity index (χ0) is 23.0. The molecule has 0 spiro atoms. The minimum Gasteiger partial charge on any atom is -0.336 e. The molecule has 2 heterocycles. The van der Waals surface area contributed by atoms with Gasteiger partial charge in [0.05, 0.1) is 16.6 Å². The molecule has 8 heteroatoms. The summed E-state index contributed by atoms with van der Waals surface area (Å²) < 4.78 is 14.6. The summed E-state index contributed by atoms with van der Waals surface area (Å²) in [6.45, 7) is 3.10. The third kappa shape index (κ3) is 4.30. The van der Waals surface area contributed by atoms with Gasteiger partial charge in [0, 0.05) is 49.9 Å². The van der Waals surface area contributed by atoms with Gasteiger partial charge in [0.15, 0.2) is 0 Å². The first-order chi connectivity index (χ1) is 16.0. The van der Waals surface area contributed by atoms with E-state index in [1.807, 2.05) is 12.1 Å². The summed E-state index contributed by atoms with van der Waals surface area (Å²) in [4.78, 5) is 40.3. The lowest BCUT2D eigenvalue weighted by Crippen LogP contribution is -2.50. The molecule has 1 aromatic heterocycles. The largest absolute Gasteiger partial charge is 0.336 e. The predicted octanol–water partition coefficient (Wildman–Crippen LogP) is 2.39. The minimum absolute atomic E-state index is 0.0428. The van der Waals surface area contributed by atoms with Crippen LogP contribution in [0.4, 0.5) is 4.39 Å². The molecular formula is C25H25FN4O3. The van der Waals surface area contributed by atoms with Gasteiger partial charge in [0.1, 0.15) is 12.1 Å². The Morgan fingerprint density at radius 3 is 2.52 bits per heavy atom. The van der Waals surface area contributed by atoms with E-state index in [9.17, 15) is 18.8 Å². The van der Waals surface area contributed by atoms with Crippen LogP contribution in [0.5, 0.6) is 0 Å². The Balaban J connectivity index is 1.31. The smallest absolute Gasteiger partial charge is 0.272 e. The number of halogens is 1. The van der Waals surface area contributed by atoms with Crippen molar-refractivity contribution in [3.63, 3.8) is 0 Å². The van der Waals surface area contributed by atoms with E-state index in [0.717, 1.165) is 36.6 Å². The van der Waals surface area contributed by atoms with Gasteiger partial charge in [-0.25, -0.2) is 9.49 Å². The number of piperazine rings is 1. The second-order valence-corrected chi connectivity index (χ2v) is 9.08. The molecule has 0 radical (unpaired) electrons. The maximum Gasteiger partial charge on any atom is 0.272 e. The van der Waals surface area contributed by atoms with Gasteiger partial charge in [-0.3, -0.25) is 14.5 Å². The quantitative estimate of drug-likeness (QED) is 0.586. The van der Waals surface area contributed by atoms with E-state index in [2.05, 4.69) is 15.1 Å². The van der Waals surface area contributed by atoms with Crippen LogP contribution < -0.4 is 5.56 Å². The molecule has 3 aromatic rings. The van der Waals surface area contributed by atoms with Crippen molar-refractivity contribution < 1.29 is 14.0 Å². The zero-order valence-electron chi connectivity index (χ0n) is 18.2. The number of H-pyrrole nitrogens is 1. The maximum absolute atomic E-state index is 14.6. The number of benzene rings is 2. The van der Waals surface area contributed by atoms with Crippen molar-refractivity contribution in [1.82, 2.24) is 20.0 Å². The SMILES string of the molecule is O=CC1(CN2CCN(C(=O)c3cc(Cc4n[nH]c(=O)c5ccccc45)ccc3F)CC2)CC1. The van der Waals surface area contributed by atoms with Crippen molar-refractivity contribution in [3.8, 4) is 0 Å². The molecule has 1 saturated heterocycles. The number of carbonyl (C=O) groups is 2. The number of hydrogen-bond acceptors (Lipinski definition) is 5. The summed E-state index contributed by atoms with van der Waals surface area (Å²) in [5.74, 6) is -0.881. The third-order valence-corrected chi connectivity index (χ3v) is 6.75. The fraction of sp³-hybridized carbons (Fsp3) is 0.360. The van der Waals surface area contributed by atoms with E-state index in [1.165, 1.54) is 6.07 Å². The number of aromatic amines is 1. The molecule has 1 saturated carbocycles. The summed E-state index contributed by atoms with van der Waals surface area (Å²) >= 11 is 0. The molecule has 1 N–H and O–H groups in total. The van der Waals surface area contributed by atoms with Gasteiger partial charge in [-0.15, -0.1) is 0 Å². The van der Waals surface area contributed by atoms with Gasteiger partial charge < -0.3 is 9.69 Å². The van der Waals surface area contributed by atoms with Crippen LogP contribution in [-0.2, 0) is 11.2 Å². The standard InChI is InChI=1S/C25H25FN4O3/c26-21-6-5-17(14-22-18-3-1-2-4-19(18)23(32)28-27-22)13-20(21)24(33)30-11-9-29(10-12-30)15-25(16-31)7-8-25/h1-6,13,16H,7-12,14-15H2,(H,28,32). The van der Waals surface area contributed by atoms with Crippen LogP contribution in [-0.4, -0.2) is 64.9 Å². The van der Waals surface area contributed by atoms with Crippen LogP contribution in [0.25, 0.3) is 10.8 Å². The number of fused-ring (bicyclic) bond motifs is 1. The van der Waals surface area contributed by atoms with Gasteiger partial charge in [0.2, 0.25) is 0 Å². The number of carbonyl (C=O) groups excluding carboxylic acids is 2. The molecule has 0 bridgehead atoms.